The van der Waals surface area contributed by atoms with E-state index in [1.807, 2.05) is 0 Å². The summed E-state index contributed by atoms with van der Waals surface area (Å²) >= 11 is 7.38. The molecule has 7 heavy (non-hydrogen) atoms. The Labute approximate surface area is 66.6 Å². The molecule has 0 aliphatic heterocycles. The van der Waals surface area contributed by atoms with Crippen molar-refractivity contribution in [3.63, 3.8) is 0 Å². The molecule has 0 aromatic rings. The van der Waals surface area contributed by atoms with Crippen LogP contribution < -0.4 is 0 Å². The molecule has 0 fully saturated rings. The zero-order valence-electron chi connectivity index (χ0n) is 3.87. The van der Waals surface area contributed by atoms with E-state index in [-0.39, 0.29) is 0 Å². The fourth-order valence-electron chi connectivity index (χ4n) is 0. The predicted octanol–water partition coefficient (Wildman–Crippen LogP) is 1.68. The van der Waals surface area contributed by atoms with Crippen molar-refractivity contribution in [2.45, 2.75) is 0 Å². The summed E-state index contributed by atoms with van der Waals surface area (Å²) in [5, 5.41) is 0. The van der Waals surface area contributed by atoms with E-state index in [0.29, 0.717) is 0 Å². The van der Waals surface area contributed by atoms with Crippen LogP contribution in [-0.2, 0) is 22.1 Å². The van der Waals surface area contributed by atoms with Gasteiger partial charge in [0.2, 0.25) is 0 Å². The Morgan fingerprint density at radius 3 is 1.43 bits per heavy atom. The monoisotopic (exact) mass is 299 g/mol. The Balaban J connectivity index is 0. The topological polar surface area (TPSA) is 17.1 Å². The molecule has 0 aromatic heterocycles. The van der Waals surface area contributed by atoms with Crippen molar-refractivity contribution in [1.82, 2.24) is 0 Å². The summed E-state index contributed by atoms with van der Waals surface area (Å²) in [6.07, 6.45) is 3.28. The average molecular weight is 301 g/mol. The van der Waals surface area contributed by atoms with Crippen LogP contribution in [0.3, 0.4) is 0 Å². The van der Waals surface area contributed by atoms with Gasteiger partial charge in [0.05, 0.1) is 0 Å². The van der Waals surface area contributed by atoms with Crippen molar-refractivity contribution < 1.29 is 15.5 Å². The van der Waals surface area contributed by atoms with E-state index in [1.165, 1.54) is 11.3 Å². The Bertz CT molecular complexity index is 47.0. The first-order valence-electron chi connectivity index (χ1n) is 1.21. The molecule has 0 bridgehead atoms. The molecule has 0 aromatic carbocycles. The molecular weight excluding hydrogens is 295 g/mol. The molecule has 0 amide bonds. The Morgan fingerprint density at radius 2 is 1.43 bits per heavy atom. The predicted molar refractivity (Wildman–Crippen MR) is 37.8 cm³/mol. The van der Waals surface area contributed by atoms with Crippen LogP contribution in [0.2, 0.25) is 0 Å². The third-order valence-electron chi connectivity index (χ3n) is 0. The van der Waals surface area contributed by atoms with Crippen LogP contribution in [0.15, 0.2) is 0 Å². The van der Waals surface area contributed by atoms with E-state index < -0.39 is 10.8 Å². The summed E-state index contributed by atoms with van der Waals surface area (Å²) in [5.74, 6) is 0. The van der Waals surface area contributed by atoms with Gasteiger partial charge in [0, 0.05) is 23.3 Å². The van der Waals surface area contributed by atoms with Crippen molar-refractivity contribution in [3.8, 4) is 0 Å². The fraction of sp³-hybridized carbons (Fsp3) is 1.00. The SMILES string of the molecule is CS(C)=O.[Br][Cu][Br]. The minimum absolute atomic E-state index is 0.611. The van der Waals surface area contributed by atoms with Crippen LogP contribution in [0.25, 0.3) is 0 Å². The summed E-state index contributed by atoms with van der Waals surface area (Å²) in [6, 6.07) is 0. The van der Waals surface area contributed by atoms with E-state index in [4.69, 9.17) is 0 Å². The standard InChI is InChI=1S/C2H6OS.2BrH.Cu/c1-4(2)3;;;/h1-2H3;2*1H;/q;;;+2/p-2. The van der Waals surface area contributed by atoms with Crippen LogP contribution in [-0.4, -0.2) is 16.7 Å². The summed E-state index contributed by atoms with van der Waals surface area (Å²) in [6.45, 7) is 0. The van der Waals surface area contributed by atoms with Crippen LogP contribution in [0.4, 0.5) is 0 Å². The number of hydrogen-bond donors (Lipinski definition) is 0. The maximum absolute atomic E-state index is 9.56. The Kier molecular flexibility index (Phi) is 17.3. The molecule has 5 heteroatoms. The van der Waals surface area contributed by atoms with Crippen molar-refractivity contribution >= 4 is 39.0 Å². The van der Waals surface area contributed by atoms with Crippen LogP contribution >= 0.6 is 28.2 Å². The number of hydrogen-bond acceptors (Lipinski definition) is 1. The first-order chi connectivity index (χ1) is 3.15. The number of rotatable bonds is 0. The molecule has 0 saturated heterocycles. The summed E-state index contributed by atoms with van der Waals surface area (Å²) < 4.78 is 9.56. The van der Waals surface area contributed by atoms with Gasteiger partial charge >= 0.3 is 39.6 Å². The van der Waals surface area contributed by atoms with Gasteiger partial charge in [-0.2, -0.15) is 0 Å². The normalized spacial score (nSPS) is 8.14. The molecule has 0 aliphatic rings. The maximum atomic E-state index is 9.56. The van der Waals surface area contributed by atoms with Gasteiger partial charge < -0.3 is 0 Å². The third-order valence-corrected chi connectivity index (χ3v) is 0. The van der Waals surface area contributed by atoms with Gasteiger partial charge in [0.1, 0.15) is 0 Å². The van der Waals surface area contributed by atoms with Gasteiger partial charge in [-0.05, 0) is 0 Å². The quantitative estimate of drug-likeness (QED) is 0.622. The van der Waals surface area contributed by atoms with Crippen LogP contribution in [0, 0.1) is 0 Å². The molecule has 0 atom stereocenters. The summed E-state index contributed by atoms with van der Waals surface area (Å²) in [4.78, 5) is 0. The zero-order chi connectivity index (χ0) is 6.28. The molecule has 0 spiro atoms. The fourth-order valence-corrected chi connectivity index (χ4v) is 0. The molecule has 1 nitrogen and oxygen atoms in total. The van der Waals surface area contributed by atoms with Gasteiger partial charge in [0.25, 0.3) is 0 Å². The first-order valence-corrected chi connectivity index (χ1v) is 7.83. The first kappa shape index (κ1) is 11.4. The average Bonchev–Trinajstić information content (AvgIpc) is 1.33. The van der Waals surface area contributed by atoms with Crippen LogP contribution in [0.5, 0.6) is 0 Å². The van der Waals surface area contributed by atoms with Crippen molar-refractivity contribution in [3.05, 3.63) is 0 Å². The molecule has 0 N–H and O–H groups in total. The molecule has 0 saturated carbocycles. The van der Waals surface area contributed by atoms with E-state index in [1.54, 1.807) is 12.5 Å². The minimum atomic E-state index is -0.611. The van der Waals surface area contributed by atoms with Crippen molar-refractivity contribution in [2.24, 2.45) is 0 Å². The molecule has 0 heterocycles. The molecule has 0 radical (unpaired) electrons. The molecule has 0 rings (SSSR count). The van der Waals surface area contributed by atoms with E-state index >= 15 is 0 Å². The second-order valence-electron chi connectivity index (χ2n) is 0.785. The van der Waals surface area contributed by atoms with Crippen LogP contribution in [0.1, 0.15) is 0 Å². The Hall–Kier alpha value is 1.63. The Morgan fingerprint density at radius 1 is 1.43 bits per heavy atom. The van der Waals surface area contributed by atoms with Gasteiger partial charge in [-0.3, -0.25) is 4.21 Å². The molecular formula is C2H6Br2CuOS. The van der Waals surface area contributed by atoms with Gasteiger partial charge in [0.15, 0.2) is 0 Å². The second kappa shape index (κ2) is 10.6. The van der Waals surface area contributed by atoms with Gasteiger partial charge in [-0.25, -0.2) is 0 Å². The molecule has 51 valence electrons. The van der Waals surface area contributed by atoms with Gasteiger partial charge in [-0.15, -0.1) is 0 Å². The van der Waals surface area contributed by atoms with E-state index in [2.05, 4.69) is 28.2 Å². The summed E-state index contributed by atoms with van der Waals surface area (Å²) in [7, 11) is -0.611. The van der Waals surface area contributed by atoms with Gasteiger partial charge in [-0.1, -0.05) is 0 Å². The molecule has 0 aliphatic carbocycles. The second-order valence-corrected chi connectivity index (χ2v) is 7.02. The molecule has 0 unspecified atom stereocenters. The summed E-state index contributed by atoms with van der Waals surface area (Å²) in [5.41, 5.74) is 0. The van der Waals surface area contributed by atoms with Crippen molar-refractivity contribution in [2.75, 3.05) is 12.5 Å². The van der Waals surface area contributed by atoms with E-state index in [9.17, 15) is 4.21 Å². The van der Waals surface area contributed by atoms with E-state index in [0.717, 1.165) is 0 Å². The number of halogens is 2. The van der Waals surface area contributed by atoms with Crippen molar-refractivity contribution in [1.29, 1.82) is 0 Å². The third kappa shape index (κ3) is 91.1. The zero-order valence-corrected chi connectivity index (χ0v) is 8.80.